The van der Waals surface area contributed by atoms with Crippen molar-refractivity contribution in [3.8, 4) is 5.69 Å². The predicted octanol–water partition coefficient (Wildman–Crippen LogP) is 1.40. The molecular weight excluding hydrogens is 298 g/mol. The normalized spacial score (nSPS) is 13.3. The maximum atomic E-state index is 12.3. The van der Waals surface area contributed by atoms with Crippen LogP contribution in [0.15, 0.2) is 36.7 Å². The van der Waals surface area contributed by atoms with Crippen molar-refractivity contribution in [2.45, 2.75) is 19.4 Å². The summed E-state index contributed by atoms with van der Waals surface area (Å²) in [6.45, 7) is 3.19. The summed E-state index contributed by atoms with van der Waals surface area (Å²) in [6.07, 6.45) is 2.96. The van der Waals surface area contributed by atoms with E-state index >= 15 is 0 Å². The molecule has 0 aliphatic heterocycles. The second-order valence-electron chi connectivity index (χ2n) is 5.48. The number of methoxy groups -OCH3 is 1. The standard InChI is InChI=1S/C16H19N3O4/c1-11-6-4-5-7-13(11)19-9-12(8-17-19)14(20)18-16(2,10-23-3)15(21)22/h4-9H,10H2,1-3H3,(H,18,20)(H,21,22). The monoisotopic (exact) mass is 317 g/mol. The molecule has 2 aromatic rings. The van der Waals surface area contributed by atoms with Crippen molar-refractivity contribution in [3.63, 3.8) is 0 Å². The summed E-state index contributed by atoms with van der Waals surface area (Å²) in [5.41, 5.74) is 0.634. The van der Waals surface area contributed by atoms with Gasteiger partial charge in [0, 0.05) is 13.3 Å². The molecule has 1 heterocycles. The van der Waals surface area contributed by atoms with Gasteiger partial charge in [0.05, 0.1) is 24.1 Å². The van der Waals surface area contributed by atoms with E-state index in [2.05, 4.69) is 10.4 Å². The summed E-state index contributed by atoms with van der Waals surface area (Å²) in [7, 11) is 1.38. The Balaban J connectivity index is 2.22. The van der Waals surface area contributed by atoms with Crippen molar-refractivity contribution < 1.29 is 19.4 Å². The SMILES string of the molecule is COCC(C)(NC(=O)c1cnn(-c2ccccc2C)c1)C(=O)O. The smallest absolute Gasteiger partial charge is 0.331 e. The van der Waals surface area contributed by atoms with Crippen LogP contribution >= 0.6 is 0 Å². The summed E-state index contributed by atoms with van der Waals surface area (Å²) >= 11 is 0. The lowest BCUT2D eigenvalue weighted by molar-refractivity contribution is -0.145. The number of carboxylic acid groups (broad SMARTS) is 1. The number of ether oxygens (including phenoxy) is 1. The van der Waals surface area contributed by atoms with Gasteiger partial charge in [0.15, 0.2) is 5.54 Å². The first-order valence-electron chi connectivity index (χ1n) is 7.03. The summed E-state index contributed by atoms with van der Waals surface area (Å²) in [5.74, 6) is -1.69. The van der Waals surface area contributed by atoms with Gasteiger partial charge in [-0.15, -0.1) is 0 Å². The molecule has 0 aliphatic rings. The van der Waals surface area contributed by atoms with Gasteiger partial charge >= 0.3 is 5.97 Å². The van der Waals surface area contributed by atoms with Crippen molar-refractivity contribution in [3.05, 3.63) is 47.8 Å². The first kappa shape index (κ1) is 16.7. The molecule has 0 fully saturated rings. The Labute approximate surface area is 133 Å². The predicted molar refractivity (Wildman–Crippen MR) is 83.7 cm³/mol. The highest BCUT2D eigenvalue weighted by Crippen LogP contribution is 2.14. The third-order valence-electron chi connectivity index (χ3n) is 3.50. The highest BCUT2D eigenvalue weighted by Gasteiger charge is 2.35. The van der Waals surface area contributed by atoms with Gasteiger partial charge in [-0.2, -0.15) is 5.10 Å². The van der Waals surface area contributed by atoms with Crippen LogP contribution < -0.4 is 5.32 Å². The number of carboxylic acids is 1. The molecule has 0 saturated carbocycles. The Morgan fingerprint density at radius 2 is 2.09 bits per heavy atom. The van der Waals surface area contributed by atoms with E-state index in [0.29, 0.717) is 0 Å². The number of nitrogens with one attached hydrogen (secondary N) is 1. The topological polar surface area (TPSA) is 93.5 Å². The zero-order valence-corrected chi connectivity index (χ0v) is 13.2. The number of benzene rings is 1. The van der Waals surface area contributed by atoms with Gasteiger partial charge in [-0.05, 0) is 25.5 Å². The lowest BCUT2D eigenvalue weighted by Gasteiger charge is -2.24. The number of carbonyl (C=O) groups is 2. The van der Waals surface area contributed by atoms with E-state index < -0.39 is 17.4 Å². The highest BCUT2D eigenvalue weighted by atomic mass is 16.5. The third kappa shape index (κ3) is 3.57. The average Bonchev–Trinajstić information content (AvgIpc) is 2.97. The summed E-state index contributed by atoms with van der Waals surface area (Å²) < 4.78 is 6.46. The lowest BCUT2D eigenvalue weighted by atomic mass is 10.0. The van der Waals surface area contributed by atoms with E-state index in [9.17, 15) is 14.7 Å². The van der Waals surface area contributed by atoms with Crippen LogP contribution in [0.5, 0.6) is 0 Å². The number of nitrogens with zero attached hydrogens (tertiary/aromatic N) is 2. The fourth-order valence-corrected chi connectivity index (χ4v) is 2.15. The van der Waals surface area contributed by atoms with Crippen LogP contribution in [0.2, 0.25) is 0 Å². The number of amides is 1. The van der Waals surface area contributed by atoms with E-state index in [4.69, 9.17) is 4.74 Å². The Kier molecular flexibility index (Phi) is 4.80. The summed E-state index contributed by atoms with van der Waals surface area (Å²) in [5, 5.41) is 15.9. The van der Waals surface area contributed by atoms with E-state index in [1.165, 1.54) is 20.2 Å². The Hall–Kier alpha value is -2.67. The molecule has 0 radical (unpaired) electrons. The lowest BCUT2D eigenvalue weighted by Crippen LogP contribution is -2.55. The Morgan fingerprint density at radius 3 is 2.70 bits per heavy atom. The zero-order chi connectivity index (χ0) is 17.0. The van der Waals surface area contributed by atoms with Crippen molar-refractivity contribution in [2.75, 3.05) is 13.7 Å². The molecule has 1 aromatic carbocycles. The molecule has 7 heteroatoms. The minimum atomic E-state index is -1.50. The van der Waals surface area contributed by atoms with Crippen molar-refractivity contribution >= 4 is 11.9 Å². The van der Waals surface area contributed by atoms with Gasteiger partial charge in [0.25, 0.3) is 5.91 Å². The number of aliphatic carboxylic acids is 1. The molecule has 1 atom stereocenters. The van der Waals surface area contributed by atoms with Crippen LogP contribution in [0.25, 0.3) is 5.69 Å². The molecule has 1 amide bonds. The van der Waals surface area contributed by atoms with Crippen molar-refractivity contribution in [1.82, 2.24) is 15.1 Å². The number of rotatable bonds is 6. The Bertz CT molecular complexity index is 726. The second-order valence-corrected chi connectivity index (χ2v) is 5.48. The number of aryl methyl sites for hydroxylation is 1. The number of carbonyl (C=O) groups excluding carboxylic acids is 1. The number of para-hydroxylation sites is 1. The number of hydrogen-bond acceptors (Lipinski definition) is 4. The van der Waals surface area contributed by atoms with E-state index in [0.717, 1.165) is 11.3 Å². The molecule has 7 nitrogen and oxygen atoms in total. The van der Waals surface area contributed by atoms with E-state index in [-0.39, 0.29) is 12.2 Å². The molecule has 1 unspecified atom stereocenters. The minimum absolute atomic E-state index is 0.139. The van der Waals surface area contributed by atoms with Gasteiger partial charge in [-0.1, -0.05) is 18.2 Å². The van der Waals surface area contributed by atoms with Gasteiger partial charge in [-0.3, -0.25) is 4.79 Å². The van der Waals surface area contributed by atoms with Crippen LogP contribution in [-0.2, 0) is 9.53 Å². The fraction of sp³-hybridized carbons (Fsp3) is 0.312. The minimum Gasteiger partial charge on any atom is -0.479 e. The summed E-state index contributed by atoms with van der Waals surface area (Å²) in [6, 6.07) is 7.62. The zero-order valence-electron chi connectivity index (χ0n) is 13.2. The molecule has 2 N–H and O–H groups in total. The quantitative estimate of drug-likeness (QED) is 0.840. The molecule has 0 spiro atoms. The number of aromatic nitrogens is 2. The molecular formula is C16H19N3O4. The van der Waals surface area contributed by atoms with Gasteiger partial charge in [-0.25, -0.2) is 9.48 Å². The highest BCUT2D eigenvalue weighted by molar-refractivity contribution is 5.97. The van der Waals surface area contributed by atoms with Crippen LogP contribution in [-0.4, -0.2) is 46.0 Å². The van der Waals surface area contributed by atoms with Gasteiger partial charge in [0.1, 0.15) is 0 Å². The fourth-order valence-electron chi connectivity index (χ4n) is 2.15. The molecule has 2 rings (SSSR count). The molecule has 122 valence electrons. The largest absolute Gasteiger partial charge is 0.479 e. The maximum absolute atomic E-state index is 12.3. The van der Waals surface area contributed by atoms with Gasteiger partial charge < -0.3 is 15.2 Å². The van der Waals surface area contributed by atoms with Crippen LogP contribution in [0.4, 0.5) is 0 Å². The van der Waals surface area contributed by atoms with Crippen LogP contribution in [0, 0.1) is 6.92 Å². The average molecular weight is 317 g/mol. The molecule has 0 aliphatic carbocycles. The van der Waals surface area contributed by atoms with Gasteiger partial charge in [0.2, 0.25) is 0 Å². The summed E-state index contributed by atoms with van der Waals surface area (Å²) in [4.78, 5) is 23.6. The Morgan fingerprint density at radius 1 is 1.39 bits per heavy atom. The first-order valence-corrected chi connectivity index (χ1v) is 7.03. The molecule has 23 heavy (non-hydrogen) atoms. The van der Waals surface area contributed by atoms with Crippen LogP contribution in [0.3, 0.4) is 0 Å². The van der Waals surface area contributed by atoms with Crippen molar-refractivity contribution in [2.24, 2.45) is 0 Å². The maximum Gasteiger partial charge on any atom is 0.331 e. The van der Waals surface area contributed by atoms with E-state index in [1.807, 2.05) is 31.2 Å². The van der Waals surface area contributed by atoms with E-state index in [1.54, 1.807) is 10.9 Å². The van der Waals surface area contributed by atoms with Crippen molar-refractivity contribution in [1.29, 1.82) is 0 Å². The first-order chi connectivity index (χ1) is 10.9. The van der Waals surface area contributed by atoms with Crippen LogP contribution in [0.1, 0.15) is 22.8 Å². The molecule has 0 bridgehead atoms. The number of hydrogen-bond donors (Lipinski definition) is 2. The second kappa shape index (κ2) is 6.62. The molecule has 1 aromatic heterocycles. The third-order valence-corrected chi connectivity index (χ3v) is 3.50. The molecule has 0 saturated heterocycles.